The van der Waals surface area contributed by atoms with Crippen LogP contribution in [0.2, 0.25) is 0 Å². The number of alkyl carbamates (subject to hydrolysis) is 1. The summed E-state index contributed by atoms with van der Waals surface area (Å²) in [4.78, 5) is 22.7. The van der Waals surface area contributed by atoms with Crippen LogP contribution in [0.3, 0.4) is 0 Å². The van der Waals surface area contributed by atoms with Gasteiger partial charge in [0.05, 0.1) is 11.0 Å². The van der Waals surface area contributed by atoms with E-state index in [0.29, 0.717) is 6.54 Å². The van der Waals surface area contributed by atoms with Gasteiger partial charge < -0.3 is 15.4 Å². The summed E-state index contributed by atoms with van der Waals surface area (Å²) in [7, 11) is 0. The molecule has 0 aliphatic heterocycles. The highest BCUT2D eigenvalue weighted by Crippen LogP contribution is 2.32. The highest BCUT2D eigenvalue weighted by atomic mass is 79.9. The molecule has 3 aromatic carbocycles. The minimum atomic E-state index is -0.484. The van der Waals surface area contributed by atoms with Crippen molar-refractivity contribution in [3.8, 4) is 0 Å². The number of rotatable bonds is 9. The third-order valence-corrected chi connectivity index (χ3v) is 5.71. The lowest BCUT2D eigenvalue weighted by molar-refractivity contribution is -0.384. The average molecular weight is 498 g/mol. The predicted molar refractivity (Wildman–Crippen MR) is 127 cm³/mol. The van der Waals surface area contributed by atoms with Crippen molar-refractivity contribution in [2.45, 2.75) is 19.6 Å². The van der Waals surface area contributed by atoms with Crippen LogP contribution in [0.5, 0.6) is 0 Å². The van der Waals surface area contributed by atoms with E-state index in [9.17, 15) is 14.9 Å². The molecule has 0 heterocycles. The van der Waals surface area contributed by atoms with Crippen LogP contribution in [-0.2, 0) is 11.3 Å². The maximum Gasteiger partial charge on any atom is 0.407 e. The molecule has 166 valence electrons. The number of halogens is 1. The molecule has 0 aromatic heterocycles. The third kappa shape index (κ3) is 6.55. The van der Waals surface area contributed by atoms with Gasteiger partial charge >= 0.3 is 6.09 Å². The average Bonchev–Trinajstić information content (AvgIpc) is 2.81. The number of nitro benzene ring substituents is 1. The van der Waals surface area contributed by atoms with Crippen molar-refractivity contribution in [3.63, 3.8) is 0 Å². The number of hydrogen-bond donors (Lipinski definition) is 2. The van der Waals surface area contributed by atoms with Crippen LogP contribution < -0.4 is 10.6 Å². The van der Waals surface area contributed by atoms with Crippen LogP contribution in [0, 0.1) is 16.0 Å². The molecule has 8 heteroatoms. The number of non-ortho nitro benzene ring substituents is 1. The summed E-state index contributed by atoms with van der Waals surface area (Å²) < 4.78 is 6.23. The molecule has 2 atom stereocenters. The van der Waals surface area contributed by atoms with Gasteiger partial charge in [0.15, 0.2) is 0 Å². The molecule has 0 bridgehead atoms. The molecule has 3 aromatic rings. The van der Waals surface area contributed by atoms with Gasteiger partial charge in [-0.15, -0.1) is 0 Å². The molecule has 0 saturated carbocycles. The minimum absolute atomic E-state index is 0.0202. The fourth-order valence-corrected chi connectivity index (χ4v) is 3.78. The fraction of sp³-hybridized carbons (Fsp3) is 0.208. The van der Waals surface area contributed by atoms with Crippen molar-refractivity contribution in [2.75, 3.05) is 11.9 Å². The zero-order valence-corrected chi connectivity index (χ0v) is 19.1. The molecule has 3 rings (SSSR count). The summed E-state index contributed by atoms with van der Waals surface area (Å²) in [5.41, 5.74) is 2.71. The maximum absolute atomic E-state index is 12.2. The molecule has 0 aliphatic carbocycles. The van der Waals surface area contributed by atoms with E-state index in [1.54, 1.807) is 12.1 Å². The van der Waals surface area contributed by atoms with Gasteiger partial charge in [-0.3, -0.25) is 10.1 Å². The zero-order valence-electron chi connectivity index (χ0n) is 17.5. The van der Waals surface area contributed by atoms with Crippen molar-refractivity contribution in [3.05, 3.63) is 105 Å². The van der Waals surface area contributed by atoms with Crippen LogP contribution in [0.4, 0.5) is 16.2 Å². The van der Waals surface area contributed by atoms with Crippen molar-refractivity contribution >= 4 is 33.4 Å². The van der Waals surface area contributed by atoms with Crippen molar-refractivity contribution in [1.82, 2.24) is 5.32 Å². The topological polar surface area (TPSA) is 93.5 Å². The number of carbonyl (C=O) groups excluding carboxylic acids is 1. The Balaban J connectivity index is 1.66. The van der Waals surface area contributed by atoms with Crippen LogP contribution in [0.15, 0.2) is 83.3 Å². The van der Waals surface area contributed by atoms with E-state index < -0.39 is 11.0 Å². The Morgan fingerprint density at radius 3 is 2.34 bits per heavy atom. The Kier molecular flexibility index (Phi) is 8.21. The second-order valence-corrected chi connectivity index (χ2v) is 8.22. The third-order valence-electron chi connectivity index (χ3n) is 4.99. The Morgan fingerprint density at radius 1 is 1.03 bits per heavy atom. The number of nitro groups is 1. The van der Waals surface area contributed by atoms with Gasteiger partial charge in [0, 0.05) is 28.8 Å². The van der Waals surface area contributed by atoms with Crippen molar-refractivity contribution in [1.29, 1.82) is 0 Å². The number of nitrogens with one attached hydrogen (secondary N) is 2. The molecular weight excluding hydrogens is 474 g/mol. The summed E-state index contributed by atoms with van der Waals surface area (Å²) in [6.45, 7) is 2.59. The van der Waals surface area contributed by atoms with E-state index in [-0.39, 0.29) is 24.3 Å². The lowest BCUT2D eigenvalue weighted by Crippen LogP contribution is -2.33. The molecule has 0 unspecified atom stereocenters. The van der Waals surface area contributed by atoms with Gasteiger partial charge in [0.25, 0.3) is 5.69 Å². The van der Waals surface area contributed by atoms with Gasteiger partial charge in [-0.1, -0.05) is 71.4 Å². The zero-order chi connectivity index (χ0) is 22.9. The monoisotopic (exact) mass is 497 g/mol. The molecule has 0 spiro atoms. The van der Waals surface area contributed by atoms with E-state index in [1.807, 2.05) is 61.5 Å². The number of ether oxygens (including phenoxy) is 1. The van der Waals surface area contributed by atoms with E-state index in [0.717, 1.165) is 21.3 Å². The van der Waals surface area contributed by atoms with Crippen LogP contribution >= 0.6 is 15.9 Å². The summed E-state index contributed by atoms with van der Waals surface area (Å²) in [6.07, 6.45) is -0.484. The van der Waals surface area contributed by atoms with Crippen molar-refractivity contribution < 1.29 is 14.5 Å². The quantitative estimate of drug-likeness (QED) is 0.276. The smallest absolute Gasteiger partial charge is 0.407 e. The van der Waals surface area contributed by atoms with E-state index in [1.165, 1.54) is 12.1 Å². The van der Waals surface area contributed by atoms with Crippen LogP contribution in [-0.4, -0.2) is 17.6 Å². The number of anilines is 1. The Hall–Kier alpha value is -3.39. The molecule has 0 fully saturated rings. The summed E-state index contributed by atoms with van der Waals surface area (Å²) in [5, 5.41) is 17.2. The number of carbonyl (C=O) groups is 1. The molecule has 7 nitrogen and oxygen atoms in total. The first-order chi connectivity index (χ1) is 15.4. The second-order valence-electron chi connectivity index (χ2n) is 7.37. The maximum atomic E-state index is 12.2. The van der Waals surface area contributed by atoms with Gasteiger partial charge in [-0.25, -0.2) is 4.79 Å². The first kappa shape index (κ1) is 23.3. The van der Waals surface area contributed by atoms with Crippen LogP contribution in [0.25, 0.3) is 0 Å². The molecule has 0 saturated heterocycles. The number of nitrogens with zero attached hydrogens (tertiary/aromatic N) is 1. The number of benzene rings is 3. The summed E-state index contributed by atoms with van der Waals surface area (Å²) >= 11 is 3.60. The summed E-state index contributed by atoms with van der Waals surface area (Å²) in [6, 6.07) is 23.4. The van der Waals surface area contributed by atoms with Gasteiger partial charge in [-0.05, 0) is 35.2 Å². The lowest BCUT2D eigenvalue weighted by Gasteiger charge is -2.28. The molecule has 2 N–H and O–H groups in total. The Labute approximate surface area is 195 Å². The molecular formula is C24H24BrN3O4. The SMILES string of the molecule is C[C@@H](CNC(=O)OCc1ccccc1)[C@H](Nc1ccc([N+](=O)[O-])cc1)c1ccccc1Br. The lowest BCUT2D eigenvalue weighted by atomic mass is 9.94. The van der Waals surface area contributed by atoms with E-state index in [4.69, 9.17) is 4.74 Å². The normalized spacial score (nSPS) is 12.4. The highest BCUT2D eigenvalue weighted by molar-refractivity contribution is 9.10. The Bertz CT molecular complexity index is 1040. The standard InChI is InChI=1S/C24H24BrN3O4/c1-17(15-26-24(29)32-16-18-7-3-2-4-8-18)23(21-9-5-6-10-22(21)25)27-19-11-13-20(14-12-19)28(30)31/h2-14,17,23,27H,15-16H2,1H3,(H,26,29)/t17-,23-/m0/s1. The minimum Gasteiger partial charge on any atom is -0.445 e. The second kappa shape index (κ2) is 11.3. The number of hydrogen-bond acceptors (Lipinski definition) is 5. The summed E-state index contributed by atoms with van der Waals surface area (Å²) in [5.74, 6) is -0.0202. The largest absolute Gasteiger partial charge is 0.445 e. The predicted octanol–water partition coefficient (Wildman–Crippen LogP) is 6.07. The van der Waals surface area contributed by atoms with Gasteiger partial charge in [0.1, 0.15) is 6.61 Å². The van der Waals surface area contributed by atoms with E-state index >= 15 is 0 Å². The molecule has 0 radical (unpaired) electrons. The van der Waals surface area contributed by atoms with Crippen molar-refractivity contribution in [2.24, 2.45) is 5.92 Å². The van der Waals surface area contributed by atoms with E-state index in [2.05, 4.69) is 26.6 Å². The molecule has 32 heavy (non-hydrogen) atoms. The van der Waals surface area contributed by atoms with Crippen LogP contribution in [0.1, 0.15) is 24.1 Å². The fourth-order valence-electron chi connectivity index (χ4n) is 3.25. The van der Waals surface area contributed by atoms with Gasteiger partial charge in [0.2, 0.25) is 0 Å². The van der Waals surface area contributed by atoms with Gasteiger partial charge in [-0.2, -0.15) is 0 Å². The first-order valence-corrected chi connectivity index (χ1v) is 10.9. The number of amides is 1. The highest BCUT2D eigenvalue weighted by Gasteiger charge is 2.22. The molecule has 0 aliphatic rings. The Morgan fingerprint density at radius 2 is 1.69 bits per heavy atom. The first-order valence-electron chi connectivity index (χ1n) is 10.1. The molecule has 1 amide bonds.